The van der Waals surface area contributed by atoms with E-state index in [9.17, 15) is 0 Å². The number of nitrogens with zero attached hydrogens (tertiary/aromatic N) is 2. The second kappa shape index (κ2) is 4.59. The molecule has 0 amide bonds. The maximum atomic E-state index is 5.55. The Morgan fingerprint density at radius 2 is 2.40 bits per heavy atom. The van der Waals surface area contributed by atoms with Crippen molar-refractivity contribution in [2.45, 2.75) is 19.9 Å². The van der Waals surface area contributed by atoms with Gasteiger partial charge in [0.1, 0.15) is 5.69 Å². The topological polar surface area (TPSA) is 43.8 Å². The first-order chi connectivity index (χ1) is 7.35. The Labute approximate surface area is 93.5 Å². The molecule has 2 rings (SSSR count). The third kappa shape index (κ3) is 2.11. The largest absolute Gasteiger partial charge is 0.329 e. The van der Waals surface area contributed by atoms with E-state index in [1.165, 1.54) is 10.6 Å². The minimum atomic E-state index is 0.637. The molecule has 0 radical (unpaired) electrons. The maximum absolute atomic E-state index is 5.55. The molecule has 0 aliphatic carbocycles. The summed E-state index contributed by atoms with van der Waals surface area (Å²) in [6, 6.07) is 6.30. The summed E-state index contributed by atoms with van der Waals surface area (Å²) in [5.41, 5.74) is 7.87. The number of nitrogens with two attached hydrogens (primary N) is 1. The molecule has 0 bridgehead atoms. The van der Waals surface area contributed by atoms with E-state index >= 15 is 0 Å². The molecular weight excluding hydrogens is 206 g/mol. The van der Waals surface area contributed by atoms with Crippen LogP contribution in [-0.4, -0.2) is 16.3 Å². The average molecular weight is 221 g/mol. The van der Waals surface area contributed by atoms with Gasteiger partial charge in [0.25, 0.3) is 0 Å². The van der Waals surface area contributed by atoms with Crippen molar-refractivity contribution in [3.63, 3.8) is 0 Å². The maximum Gasteiger partial charge on any atom is 0.103 e. The van der Waals surface area contributed by atoms with Crippen LogP contribution in [0.1, 0.15) is 12.6 Å². The number of aromatic nitrogens is 2. The van der Waals surface area contributed by atoms with Gasteiger partial charge in [0.05, 0.1) is 11.4 Å². The monoisotopic (exact) mass is 221 g/mol. The standard InChI is InChI=1S/C11H15N3S/c1-2-9-8-10(11-4-3-7-15-11)13-14(9)6-5-12/h3-4,7-8H,2,5-6,12H2,1H3. The lowest BCUT2D eigenvalue weighted by Gasteiger charge is -2.01. The molecule has 0 saturated carbocycles. The molecule has 0 saturated heterocycles. The molecule has 2 heterocycles. The minimum Gasteiger partial charge on any atom is -0.329 e. The fourth-order valence-electron chi connectivity index (χ4n) is 1.60. The highest BCUT2D eigenvalue weighted by Crippen LogP contribution is 2.24. The molecule has 80 valence electrons. The van der Waals surface area contributed by atoms with Crippen molar-refractivity contribution in [3.8, 4) is 10.6 Å². The van der Waals surface area contributed by atoms with Crippen molar-refractivity contribution < 1.29 is 0 Å². The van der Waals surface area contributed by atoms with E-state index in [2.05, 4.69) is 29.5 Å². The molecule has 3 nitrogen and oxygen atoms in total. The summed E-state index contributed by atoms with van der Waals surface area (Å²) in [6.45, 7) is 3.58. The van der Waals surface area contributed by atoms with Gasteiger partial charge in [-0.15, -0.1) is 11.3 Å². The van der Waals surface area contributed by atoms with E-state index < -0.39 is 0 Å². The Morgan fingerprint density at radius 3 is 3.00 bits per heavy atom. The first-order valence-corrected chi connectivity index (χ1v) is 6.03. The molecule has 2 N–H and O–H groups in total. The molecule has 0 aliphatic heterocycles. The van der Waals surface area contributed by atoms with Crippen LogP contribution in [0.15, 0.2) is 23.6 Å². The number of hydrogen-bond acceptors (Lipinski definition) is 3. The van der Waals surface area contributed by atoms with Crippen LogP contribution in [0.3, 0.4) is 0 Å². The van der Waals surface area contributed by atoms with Crippen molar-refractivity contribution in [1.29, 1.82) is 0 Å². The number of aryl methyl sites for hydroxylation is 1. The molecule has 4 heteroatoms. The van der Waals surface area contributed by atoms with Crippen LogP contribution in [0.4, 0.5) is 0 Å². The fraction of sp³-hybridized carbons (Fsp3) is 0.364. The number of rotatable bonds is 4. The lowest BCUT2D eigenvalue weighted by atomic mass is 10.3. The summed E-state index contributed by atoms with van der Waals surface area (Å²) in [4.78, 5) is 1.22. The molecule has 15 heavy (non-hydrogen) atoms. The molecule has 0 unspecified atom stereocenters. The molecule has 0 aromatic carbocycles. The Bertz CT molecular complexity index is 417. The van der Waals surface area contributed by atoms with Gasteiger partial charge in [-0.1, -0.05) is 13.0 Å². The molecule has 2 aromatic rings. The zero-order valence-electron chi connectivity index (χ0n) is 8.81. The van der Waals surface area contributed by atoms with Crippen LogP contribution in [0, 0.1) is 0 Å². The van der Waals surface area contributed by atoms with Gasteiger partial charge in [-0.2, -0.15) is 5.10 Å². The van der Waals surface area contributed by atoms with Gasteiger partial charge in [-0.25, -0.2) is 0 Å². The third-order valence-corrected chi connectivity index (χ3v) is 3.23. The normalized spacial score (nSPS) is 10.8. The minimum absolute atomic E-state index is 0.637. The van der Waals surface area contributed by atoms with Crippen molar-refractivity contribution in [2.75, 3.05) is 6.54 Å². The third-order valence-electron chi connectivity index (χ3n) is 2.34. The highest BCUT2D eigenvalue weighted by molar-refractivity contribution is 7.13. The van der Waals surface area contributed by atoms with E-state index in [0.717, 1.165) is 18.7 Å². The van der Waals surface area contributed by atoms with E-state index in [0.29, 0.717) is 6.54 Å². The van der Waals surface area contributed by atoms with Crippen molar-refractivity contribution >= 4 is 11.3 Å². The van der Waals surface area contributed by atoms with Gasteiger partial charge in [0.2, 0.25) is 0 Å². The average Bonchev–Trinajstić information content (AvgIpc) is 2.84. The van der Waals surface area contributed by atoms with Crippen molar-refractivity contribution in [2.24, 2.45) is 5.73 Å². The molecule has 0 aliphatic rings. The summed E-state index contributed by atoms with van der Waals surface area (Å²) < 4.78 is 2.01. The smallest absolute Gasteiger partial charge is 0.103 e. The SMILES string of the molecule is CCc1cc(-c2cccs2)nn1CCN. The Hall–Kier alpha value is -1.13. The van der Waals surface area contributed by atoms with Crippen LogP contribution < -0.4 is 5.73 Å². The Kier molecular flexibility index (Phi) is 3.18. The Morgan fingerprint density at radius 1 is 1.53 bits per heavy atom. The molecule has 0 fully saturated rings. The summed E-state index contributed by atoms with van der Waals surface area (Å²) in [5, 5.41) is 6.63. The van der Waals surface area contributed by atoms with Crippen LogP contribution in [0.2, 0.25) is 0 Å². The summed E-state index contributed by atoms with van der Waals surface area (Å²) in [6.07, 6.45) is 0.998. The van der Waals surface area contributed by atoms with E-state index in [4.69, 9.17) is 5.73 Å². The zero-order valence-corrected chi connectivity index (χ0v) is 9.63. The van der Waals surface area contributed by atoms with Gasteiger partial charge >= 0.3 is 0 Å². The van der Waals surface area contributed by atoms with Crippen LogP contribution >= 0.6 is 11.3 Å². The second-order valence-electron chi connectivity index (χ2n) is 3.36. The number of hydrogen-bond donors (Lipinski definition) is 1. The molecule has 0 spiro atoms. The van der Waals surface area contributed by atoms with E-state index in [-0.39, 0.29) is 0 Å². The lowest BCUT2D eigenvalue weighted by Crippen LogP contribution is -2.13. The van der Waals surface area contributed by atoms with Crippen molar-refractivity contribution in [3.05, 3.63) is 29.3 Å². The predicted octanol–water partition coefficient (Wildman–Crippen LogP) is 2.13. The van der Waals surface area contributed by atoms with E-state index in [1.807, 2.05) is 10.7 Å². The quantitative estimate of drug-likeness (QED) is 0.859. The van der Waals surface area contributed by atoms with E-state index in [1.54, 1.807) is 11.3 Å². The highest BCUT2D eigenvalue weighted by atomic mass is 32.1. The summed E-state index contributed by atoms with van der Waals surface area (Å²) in [5.74, 6) is 0. The van der Waals surface area contributed by atoms with Gasteiger partial charge in [0.15, 0.2) is 0 Å². The molecule has 0 atom stereocenters. The van der Waals surface area contributed by atoms with Crippen LogP contribution in [0.25, 0.3) is 10.6 Å². The first kappa shape index (κ1) is 10.4. The second-order valence-corrected chi connectivity index (χ2v) is 4.31. The first-order valence-electron chi connectivity index (χ1n) is 5.15. The summed E-state index contributed by atoms with van der Waals surface area (Å²) in [7, 11) is 0. The van der Waals surface area contributed by atoms with Gasteiger partial charge in [0, 0.05) is 12.2 Å². The number of thiophene rings is 1. The van der Waals surface area contributed by atoms with Gasteiger partial charge in [-0.3, -0.25) is 4.68 Å². The van der Waals surface area contributed by atoms with Crippen LogP contribution in [-0.2, 0) is 13.0 Å². The van der Waals surface area contributed by atoms with Gasteiger partial charge in [-0.05, 0) is 23.9 Å². The molecular formula is C11H15N3S. The lowest BCUT2D eigenvalue weighted by molar-refractivity contribution is 0.599. The molecule has 2 aromatic heterocycles. The Balaban J connectivity index is 2.34. The van der Waals surface area contributed by atoms with Crippen LogP contribution in [0.5, 0.6) is 0 Å². The highest BCUT2D eigenvalue weighted by Gasteiger charge is 2.07. The predicted molar refractivity (Wildman–Crippen MR) is 64.0 cm³/mol. The fourth-order valence-corrected chi connectivity index (χ4v) is 2.28. The zero-order chi connectivity index (χ0) is 10.7. The van der Waals surface area contributed by atoms with Gasteiger partial charge < -0.3 is 5.73 Å². The summed E-state index contributed by atoms with van der Waals surface area (Å²) >= 11 is 1.72. The van der Waals surface area contributed by atoms with Crippen molar-refractivity contribution in [1.82, 2.24) is 9.78 Å².